The van der Waals surface area contributed by atoms with E-state index in [1.807, 2.05) is 36.6 Å². The molecule has 0 unspecified atom stereocenters. The number of anilines is 1. The van der Waals surface area contributed by atoms with Crippen LogP contribution in [-0.4, -0.2) is 22.1 Å². The van der Waals surface area contributed by atoms with Crippen LogP contribution in [0.2, 0.25) is 0 Å². The van der Waals surface area contributed by atoms with Gasteiger partial charge in [0.2, 0.25) is 5.95 Å². The van der Waals surface area contributed by atoms with E-state index in [-0.39, 0.29) is 11.7 Å². The fourth-order valence-electron chi connectivity index (χ4n) is 1.90. The van der Waals surface area contributed by atoms with Crippen LogP contribution >= 0.6 is 11.8 Å². The molecule has 2 N–H and O–H groups in total. The Morgan fingerprint density at radius 3 is 3.00 bits per heavy atom. The molecule has 1 amide bonds. The van der Waals surface area contributed by atoms with Crippen LogP contribution in [0.25, 0.3) is 11.0 Å². The van der Waals surface area contributed by atoms with Crippen LogP contribution in [0.5, 0.6) is 0 Å². The van der Waals surface area contributed by atoms with Crippen LogP contribution in [0.3, 0.4) is 0 Å². The summed E-state index contributed by atoms with van der Waals surface area (Å²) >= 11 is 1.64. The first-order valence-corrected chi connectivity index (χ1v) is 7.49. The van der Waals surface area contributed by atoms with E-state index in [4.69, 9.17) is 4.42 Å². The van der Waals surface area contributed by atoms with Crippen molar-refractivity contribution in [2.24, 2.45) is 0 Å². The number of rotatable bonds is 4. The number of nitrogens with zero attached hydrogens (tertiary/aromatic N) is 1. The lowest BCUT2D eigenvalue weighted by molar-refractivity contribution is 0.0994. The molecular formula is C14H13N3O2S. The molecule has 0 spiro atoms. The summed E-state index contributed by atoms with van der Waals surface area (Å²) < 4.78 is 5.46. The number of H-pyrrole nitrogens is 1. The number of thioether (sulfide) groups is 1. The maximum absolute atomic E-state index is 12.0. The molecular weight excluding hydrogens is 274 g/mol. The highest BCUT2D eigenvalue weighted by Crippen LogP contribution is 2.16. The Balaban J connectivity index is 1.77. The monoisotopic (exact) mass is 287 g/mol. The smallest absolute Gasteiger partial charge is 0.293 e. The molecule has 0 radical (unpaired) electrons. The minimum absolute atomic E-state index is 0.287. The molecule has 3 aromatic rings. The molecule has 0 fully saturated rings. The number of nitrogens with one attached hydrogen (secondary N) is 2. The average molecular weight is 287 g/mol. The van der Waals surface area contributed by atoms with E-state index in [0.29, 0.717) is 5.95 Å². The predicted octanol–water partition coefficient (Wildman–Crippen LogP) is 3.27. The first-order chi connectivity index (χ1) is 9.76. The second-order valence-electron chi connectivity index (χ2n) is 4.26. The van der Waals surface area contributed by atoms with Gasteiger partial charge in [-0.2, -0.15) is 11.8 Å². The second-order valence-corrected chi connectivity index (χ2v) is 5.12. The number of hydrogen-bond acceptors (Lipinski definition) is 4. The van der Waals surface area contributed by atoms with Gasteiger partial charge in [-0.15, -0.1) is 0 Å². The SMILES string of the molecule is CSCc1ccc(C(=O)Nc2nc3ccccc3[nH]2)o1. The van der Waals surface area contributed by atoms with Crippen LogP contribution in [0.15, 0.2) is 40.8 Å². The third kappa shape index (κ3) is 2.55. The van der Waals surface area contributed by atoms with Gasteiger partial charge in [0.05, 0.1) is 16.8 Å². The molecule has 0 saturated heterocycles. The summed E-state index contributed by atoms with van der Waals surface area (Å²) in [6.45, 7) is 0. The third-order valence-electron chi connectivity index (χ3n) is 2.79. The fraction of sp³-hybridized carbons (Fsp3) is 0.143. The van der Waals surface area contributed by atoms with Crippen LogP contribution in [0.4, 0.5) is 5.95 Å². The van der Waals surface area contributed by atoms with Crippen molar-refractivity contribution in [2.45, 2.75) is 5.75 Å². The Bertz CT molecular complexity index is 715. The summed E-state index contributed by atoms with van der Waals surface area (Å²) in [5.74, 6) is 1.93. The van der Waals surface area contributed by atoms with Gasteiger partial charge in [-0.05, 0) is 30.5 Å². The Morgan fingerprint density at radius 1 is 1.35 bits per heavy atom. The van der Waals surface area contributed by atoms with E-state index in [1.165, 1.54) is 0 Å². The Morgan fingerprint density at radius 2 is 2.20 bits per heavy atom. The van der Waals surface area contributed by atoms with E-state index in [0.717, 1.165) is 22.5 Å². The van der Waals surface area contributed by atoms with E-state index in [1.54, 1.807) is 17.8 Å². The number of aromatic amines is 1. The minimum atomic E-state index is -0.309. The Kier molecular flexibility index (Phi) is 3.47. The zero-order valence-corrected chi connectivity index (χ0v) is 11.7. The molecule has 1 aromatic carbocycles. The standard InChI is InChI=1S/C14H13N3O2S/c1-20-8-9-6-7-12(19-9)13(18)17-14-15-10-4-2-3-5-11(10)16-14/h2-7H,8H2,1H3,(H2,15,16,17,18). The van der Waals surface area contributed by atoms with Gasteiger partial charge in [0.15, 0.2) is 5.76 Å². The number of imidazole rings is 1. The van der Waals surface area contributed by atoms with Crippen LogP contribution in [0, 0.1) is 0 Å². The third-order valence-corrected chi connectivity index (χ3v) is 3.37. The van der Waals surface area contributed by atoms with E-state index >= 15 is 0 Å². The lowest BCUT2D eigenvalue weighted by Gasteiger charge is -1.98. The number of aromatic nitrogens is 2. The molecule has 5 nitrogen and oxygen atoms in total. The molecule has 0 atom stereocenters. The average Bonchev–Trinajstić information content (AvgIpc) is 3.04. The summed E-state index contributed by atoms with van der Waals surface area (Å²) in [6, 6.07) is 11.1. The van der Waals surface area contributed by atoms with Gasteiger partial charge in [-0.25, -0.2) is 4.98 Å². The molecule has 2 heterocycles. The molecule has 0 aliphatic carbocycles. The molecule has 2 aromatic heterocycles. The molecule has 20 heavy (non-hydrogen) atoms. The first kappa shape index (κ1) is 12.8. The summed E-state index contributed by atoms with van der Waals surface area (Å²) in [5, 5.41) is 2.70. The number of amides is 1. The first-order valence-electron chi connectivity index (χ1n) is 6.10. The van der Waals surface area contributed by atoms with Crippen molar-refractivity contribution in [3.05, 3.63) is 47.9 Å². The maximum atomic E-state index is 12.0. The quantitative estimate of drug-likeness (QED) is 0.772. The van der Waals surface area contributed by atoms with Crippen molar-refractivity contribution in [1.29, 1.82) is 0 Å². The van der Waals surface area contributed by atoms with Gasteiger partial charge in [0, 0.05) is 0 Å². The van der Waals surface area contributed by atoms with Gasteiger partial charge in [0.25, 0.3) is 5.91 Å². The lowest BCUT2D eigenvalue weighted by Crippen LogP contribution is -2.11. The number of benzene rings is 1. The van der Waals surface area contributed by atoms with Crippen molar-refractivity contribution in [1.82, 2.24) is 9.97 Å². The van der Waals surface area contributed by atoms with Crippen molar-refractivity contribution in [2.75, 3.05) is 11.6 Å². The number of para-hydroxylation sites is 2. The van der Waals surface area contributed by atoms with Gasteiger partial charge >= 0.3 is 0 Å². The van der Waals surface area contributed by atoms with Crippen molar-refractivity contribution in [3.8, 4) is 0 Å². The molecule has 6 heteroatoms. The molecule has 3 rings (SSSR count). The topological polar surface area (TPSA) is 70.9 Å². The highest BCUT2D eigenvalue weighted by Gasteiger charge is 2.13. The van der Waals surface area contributed by atoms with Crippen molar-refractivity contribution >= 4 is 34.7 Å². The molecule has 102 valence electrons. The van der Waals surface area contributed by atoms with E-state index < -0.39 is 0 Å². The van der Waals surface area contributed by atoms with Gasteiger partial charge < -0.3 is 9.40 Å². The zero-order valence-electron chi connectivity index (χ0n) is 10.8. The molecule has 0 aliphatic rings. The Labute approximate surface area is 119 Å². The number of fused-ring (bicyclic) bond motifs is 1. The number of hydrogen-bond donors (Lipinski definition) is 2. The van der Waals surface area contributed by atoms with Gasteiger partial charge in [0.1, 0.15) is 5.76 Å². The summed E-state index contributed by atoms with van der Waals surface area (Å²) in [4.78, 5) is 19.4. The minimum Gasteiger partial charge on any atom is -0.455 e. The van der Waals surface area contributed by atoms with Gasteiger partial charge in [-0.3, -0.25) is 10.1 Å². The second kappa shape index (κ2) is 5.42. The summed E-state index contributed by atoms with van der Waals surface area (Å²) in [5.41, 5.74) is 1.69. The fourth-order valence-corrected chi connectivity index (χ4v) is 2.34. The van der Waals surface area contributed by atoms with Gasteiger partial charge in [-0.1, -0.05) is 12.1 Å². The highest BCUT2D eigenvalue weighted by atomic mass is 32.2. The lowest BCUT2D eigenvalue weighted by atomic mass is 10.3. The van der Waals surface area contributed by atoms with Crippen molar-refractivity contribution in [3.63, 3.8) is 0 Å². The summed E-state index contributed by atoms with van der Waals surface area (Å²) in [7, 11) is 0. The van der Waals surface area contributed by atoms with Crippen LogP contribution in [-0.2, 0) is 5.75 Å². The number of carbonyl (C=O) groups is 1. The van der Waals surface area contributed by atoms with Crippen LogP contribution < -0.4 is 5.32 Å². The largest absolute Gasteiger partial charge is 0.455 e. The normalized spacial score (nSPS) is 10.8. The molecule has 0 bridgehead atoms. The van der Waals surface area contributed by atoms with Crippen LogP contribution in [0.1, 0.15) is 16.3 Å². The van der Waals surface area contributed by atoms with E-state index in [2.05, 4.69) is 15.3 Å². The van der Waals surface area contributed by atoms with E-state index in [9.17, 15) is 4.79 Å². The highest BCUT2D eigenvalue weighted by molar-refractivity contribution is 7.97. The molecule has 0 aliphatic heterocycles. The number of carbonyl (C=O) groups excluding carboxylic acids is 1. The number of furan rings is 1. The predicted molar refractivity (Wildman–Crippen MR) is 80.0 cm³/mol. The maximum Gasteiger partial charge on any atom is 0.293 e. The van der Waals surface area contributed by atoms with Crippen molar-refractivity contribution < 1.29 is 9.21 Å². The summed E-state index contributed by atoms with van der Waals surface area (Å²) in [6.07, 6.45) is 1.98. The zero-order chi connectivity index (χ0) is 13.9. The molecule has 0 saturated carbocycles. The Hall–Kier alpha value is -2.21.